The van der Waals surface area contributed by atoms with Gasteiger partial charge in [0.1, 0.15) is 12.6 Å². The molecule has 4 nitrogen and oxygen atoms in total. The van der Waals surface area contributed by atoms with Gasteiger partial charge in [-0.1, -0.05) is 30.0 Å². The molecule has 0 aliphatic carbocycles. The van der Waals surface area contributed by atoms with Gasteiger partial charge in [0.15, 0.2) is 5.17 Å². The van der Waals surface area contributed by atoms with Gasteiger partial charge in [-0.2, -0.15) is 0 Å². The number of benzene rings is 1. The van der Waals surface area contributed by atoms with Crippen LogP contribution in [0.3, 0.4) is 0 Å². The fourth-order valence-corrected chi connectivity index (χ4v) is 3.43. The fraction of sp³-hybridized carbons (Fsp3) is 0.286. The van der Waals surface area contributed by atoms with Crippen LogP contribution in [-0.4, -0.2) is 30.3 Å². The summed E-state index contributed by atoms with van der Waals surface area (Å²) in [5.41, 5.74) is 2.54. The monoisotopic (exact) mass is 306 g/mol. The van der Waals surface area contributed by atoms with Crippen molar-refractivity contribution in [3.63, 3.8) is 0 Å². The van der Waals surface area contributed by atoms with Gasteiger partial charge >= 0.3 is 5.97 Å². The highest BCUT2D eigenvalue weighted by molar-refractivity contribution is 8.13. The first-order valence-electron chi connectivity index (χ1n) is 6.16. The summed E-state index contributed by atoms with van der Waals surface area (Å²) in [4.78, 5) is 17.8. The summed E-state index contributed by atoms with van der Waals surface area (Å²) in [5, 5.41) is 3.99. The minimum absolute atomic E-state index is 0.266. The van der Waals surface area contributed by atoms with Crippen molar-refractivity contribution in [3.05, 3.63) is 41.1 Å². The third kappa shape index (κ3) is 2.23. The van der Waals surface area contributed by atoms with E-state index in [1.807, 2.05) is 30.7 Å². The molecule has 1 N–H and O–H groups in total. The van der Waals surface area contributed by atoms with Crippen LogP contribution in [-0.2, 0) is 9.53 Å². The number of ether oxygens (including phenoxy) is 1. The lowest BCUT2D eigenvalue weighted by atomic mass is 9.97. The van der Waals surface area contributed by atoms with Crippen LogP contribution in [0, 0.1) is 0 Å². The minimum atomic E-state index is -0.271. The number of hydrogen-bond donors (Lipinski definition) is 1. The van der Waals surface area contributed by atoms with Crippen LogP contribution in [0.15, 0.2) is 45.4 Å². The fourth-order valence-electron chi connectivity index (χ4n) is 2.36. The number of hydrogen-bond acceptors (Lipinski definition) is 6. The van der Waals surface area contributed by atoms with Gasteiger partial charge < -0.3 is 10.1 Å². The number of nitrogens with one attached hydrogen (secondary N) is 1. The molecule has 0 amide bonds. The number of thioether (sulfide) groups is 2. The summed E-state index contributed by atoms with van der Waals surface area (Å²) in [6.45, 7) is 0.311. The third-order valence-electron chi connectivity index (χ3n) is 3.30. The third-order valence-corrected chi connectivity index (χ3v) is 4.70. The Bertz CT molecular complexity index is 625. The lowest BCUT2D eigenvalue weighted by molar-refractivity contribution is -0.136. The number of rotatable bonds is 2. The molecule has 2 heterocycles. The molecule has 1 atom stereocenters. The normalized spacial score (nSPS) is 21.2. The second kappa shape index (κ2) is 5.54. The summed E-state index contributed by atoms with van der Waals surface area (Å²) in [5.74, 6) is -0.266. The maximum atomic E-state index is 12.0. The highest BCUT2D eigenvalue weighted by Crippen LogP contribution is 2.38. The van der Waals surface area contributed by atoms with Crippen molar-refractivity contribution < 1.29 is 9.53 Å². The maximum Gasteiger partial charge on any atom is 0.338 e. The summed E-state index contributed by atoms with van der Waals surface area (Å²) in [6.07, 6.45) is 3.99. The molecule has 0 radical (unpaired) electrons. The van der Waals surface area contributed by atoms with E-state index in [4.69, 9.17) is 4.74 Å². The second-order valence-corrected chi connectivity index (χ2v) is 6.02. The van der Waals surface area contributed by atoms with E-state index in [2.05, 4.69) is 16.4 Å². The summed E-state index contributed by atoms with van der Waals surface area (Å²) in [7, 11) is 0. The van der Waals surface area contributed by atoms with Gasteiger partial charge in [-0.3, -0.25) is 0 Å². The first-order chi connectivity index (χ1) is 9.74. The molecule has 0 saturated carbocycles. The number of nitrogens with zero attached hydrogens (tertiary/aromatic N) is 1. The smallest absolute Gasteiger partial charge is 0.338 e. The molecule has 0 spiro atoms. The second-order valence-electron chi connectivity index (χ2n) is 4.38. The van der Waals surface area contributed by atoms with Crippen LogP contribution in [0.5, 0.6) is 0 Å². The Kier molecular flexibility index (Phi) is 3.76. The standard InChI is InChI=1S/C14H14N2O2S2/c1-19-10-6-4-3-5-8(10)12-11-9(7-18-13(11)17)15-14(16-12)20-2/h3-6,12H,7H2,1-2H3,(H,15,16)/t12-/m0/s1. The number of carbonyl (C=O) groups is 1. The first kappa shape index (κ1) is 13.6. The zero-order valence-electron chi connectivity index (χ0n) is 11.2. The minimum Gasteiger partial charge on any atom is -0.456 e. The van der Waals surface area contributed by atoms with Crippen LogP contribution in [0.1, 0.15) is 11.6 Å². The molecule has 0 saturated heterocycles. The van der Waals surface area contributed by atoms with Crippen molar-refractivity contribution in [2.45, 2.75) is 10.9 Å². The Labute approximate surface area is 126 Å². The van der Waals surface area contributed by atoms with Crippen molar-refractivity contribution in [2.24, 2.45) is 4.99 Å². The molecule has 104 valence electrons. The zero-order valence-corrected chi connectivity index (χ0v) is 12.8. The Morgan fingerprint density at radius 1 is 1.30 bits per heavy atom. The average molecular weight is 306 g/mol. The molecular weight excluding hydrogens is 292 g/mol. The van der Waals surface area contributed by atoms with Crippen molar-refractivity contribution in [1.29, 1.82) is 0 Å². The largest absolute Gasteiger partial charge is 0.456 e. The van der Waals surface area contributed by atoms with Gasteiger partial charge in [-0.05, 0) is 24.1 Å². The Morgan fingerprint density at radius 3 is 2.85 bits per heavy atom. The molecule has 0 unspecified atom stereocenters. The van der Waals surface area contributed by atoms with Crippen molar-refractivity contribution in [2.75, 3.05) is 19.1 Å². The average Bonchev–Trinajstić information content (AvgIpc) is 2.87. The van der Waals surface area contributed by atoms with Crippen molar-refractivity contribution in [1.82, 2.24) is 5.32 Å². The van der Waals surface area contributed by atoms with Gasteiger partial charge in [0.05, 0.1) is 11.3 Å². The Balaban J connectivity index is 2.11. The summed E-state index contributed by atoms with van der Waals surface area (Å²) < 4.78 is 5.15. The Hall–Kier alpha value is -1.40. The van der Waals surface area contributed by atoms with E-state index in [9.17, 15) is 4.79 Å². The van der Waals surface area contributed by atoms with E-state index in [1.54, 1.807) is 11.8 Å². The van der Waals surface area contributed by atoms with Gasteiger partial charge in [0.2, 0.25) is 0 Å². The van der Waals surface area contributed by atoms with E-state index >= 15 is 0 Å². The molecule has 2 aliphatic heterocycles. The first-order valence-corrected chi connectivity index (χ1v) is 8.61. The number of amidine groups is 1. The quantitative estimate of drug-likeness (QED) is 0.672. The number of carbonyl (C=O) groups excluding carboxylic acids is 1. The van der Waals surface area contributed by atoms with E-state index < -0.39 is 0 Å². The van der Waals surface area contributed by atoms with Crippen LogP contribution < -0.4 is 5.32 Å². The van der Waals surface area contributed by atoms with Crippen LogP contribution in [0.4, 0.5) is 0 Å². The lowest BCUT2D eigenvalue weighted by Gasteiger charge is -2.22. The lowest BCUT2D eigenvalue weighted by Crippen LogP contribution is -2.28. The van der Waals surface area contributed by atoms with Crippen molar-refractivity contribution >= 4 is 34.7 Å². The van der Waals surface area contributed by atoms with E-state index in [0.717, 1.165) is 21.3 Å². The van der Waals surface area contributed by atoms with E-state index in [0.29, 0.717) is 12.2 Å². The number of esters is 1. The Morgan fingerprint density at radius 2 is 2.10 bits per heavy atom. The van der Waals surface area contributed by atoms with Crippen molar-refractivity contribution in [3.8, 4) is 0 Å². The predicted molar refractivity (Wildman–Crippen MR) is 83.0 cm³/mol. The van der Waals surface area contributed by atoms with Crippen LogP contribution in [0.2, 0.25) is 0 Å². The summed E-state index contributed by atoms with van der Waals surface area (Å²) in [6, 6.07) is 7.78. The molecule has 1 aromatic rings. The molecule has 6 heteroatoms. The van der Waals surface area contributed by atoms with Gasteiger partial charge in [-0.15, -0.1) is 11.8 Å². The molecule has 3 rings (SSSR count). The van der Waals surface area contributed by atoms with Gasteiger partial charge in [0, 0.05) is 4.90 Å². The molecule has 20 heavy (non-hydrogen) atoms. The van der Waals surface area contributed by atoms with Crippen LogP contribution in [0.25, 0.3) is 0 Å². The van der Waals surface area contributed by atoms with E-state index in [1.165, 1.54) is 11.8 Å². The number of cyclic esters (lactones) is 1. The molecule has 2 aliphatic rings. The maximum absolute atomic E-state index is 12.0. The highest BCUT2D eigenvalue weighted by atomic mass is 32.2. The molecule has 0 fully saturated rings. The SMILES string of the molecule is CSC1=N[C@@H](c2ccccc2SC)C2=C(COC2=O)N1. The highest BCUT2D eigenvalue weighted by Gasteiger charge is 2.36. The molecular formula is C14H14N2O2S2. The number of aliphatic imine (C=N–C) groups is 1. The summed E-state index contributed by atoms with van der Waals surface area (Å²) >= 11 is 3.20. The molecule has 0 bridgehead atoms. The van der Waals surface area contributed by atoms with E-state index in [-0.39, 0.29) is 12.0 Å². The molecule has 1 aromatic carbocycles. The molecule has 0 aromatic heterocycles. The van der Waals surface area contributed by atoms with Crippen LogP contribution >= 0.6 is 23.5 Å². The zero-order chi connectivity index (χ0) is 14.1. The predicted octanol–water partition coefficient (Wildman–Crippen LogP) is 2.58. The topological polar surface area (TPSA) is 50.7 Å². The van der Waals surface area contributed by atoms with Gasteiger partial charge in [0.25, 0.3) is 0 Å². The van der Waals surface area contributed by atoms with Gasteiger partial charge in [-0.25, -0.2) is 9.79 Å².